The molecule has 6 rings (SSSR count). The van der Waals surface area contributed by atoms with Gasteiger partial charge in [0.1, 0.15) is 11.3 Å². The smallest absolute Gasteiger partial charge is 0.145 e. The van der Waals surface area contributed by atoms with Crippen molar-refractivity contribution in [2.45, 2.75) is 0 Å². The summed E-state index contributed by atoms with van der Waals surface area (Å²) in [5.74, 6) is 0.828. The molecule has 142 valence electrons. The molecule has 0 saturated heterocycles. The van der Waals surface area contributed by atoms with Gasteiger partial charge >= 0.3 is 0 Å². The van der Waals surface area contributed by atoms with E-state index < -0.39 is 0 Å². The summed E-state index contributed by atoms with van der Waals surface area (Å²) in [6.07, 6.45) is 7.05. The molecule has 0 aliphatic heterocycles. The number of benzene rings is 2. The van der Waals surface area contributed by atoms with E-state index in [4.69, 9.17) is 16.6 Å². The lowest BCUT2D eigenvalue weighted by Crippen LogP contribution is -1.99. The Balaban J connectivity index is 1.92. The summed E-state index contributed by atoms with van der Waals surface area (Å²) in [4.78, 5) is 18.5. The van der Waals surface area contributed by atoms with Crippen molar-refractivity contribution < 1.29 is 0 Å². The summed E-state index contributed by atoms with van der Waals surface area (Å²) in [6.45, 7) is 0. The maximum Gasteiger partial charge on any atom is 0.145 e. The normalized spacial score (nSPS) is 11.5. The van der Waals surface area contributed by atoms with E-state index >= 15 is 0 Å². The summed E-state index contributed by atoms with van der Waals surface area (Å²) in [7, 11) is 0. The van der Waals surface area contributed by atoms with Crippen LogP contribution >= 0.6 is 11.6 Å². The van der Waals surface area contributed by atoms with Gasteiger partial charge in [-0.05, 0) is 30.3 Å². The van der Waals surface area contributed by atoms with Crippen LogP contribution in [0.2, 0.25) is 5.02 Å². The van der Waals surface area contributed by atoms with Crippen molar-refractivity contribution in [1.82, 2.24) is 24.5 Å². The third-order valence-corrected chi connectivity index (χ3v) is 5.57. The molecule has 0 aliphatic carbocycles. The minimum atomic E-state index is 0.618. The predicted molar refractivity (Wildman–Crippen MR) is 120 cm³/mol. The summed E-state index contributed by atoms with van der Waals surface area (Å²) in [5, 5.41) is 2.40. The molecule has 0 aliphatic rings. The second kappa shape index (κ2) is 6.61. The Bertz CT molecular complexity index is 1540. The molecule has 5 nitrogen and oxygen atoms in total. The first kappa shape index (κ1) is 17.1. The van der Waals surface area contributed by atoms with Crippen molar-refractivity contribution in [2.24, 2.45) is 0 Å². The highest BCUT2D eigenvalue weighted by Gasteiger charge is 2.22. The predicted octanol–water partition coefficient (Wildman–Crippen LogP) is 5.84. The van der Waals surface area contributed by atoms with E-state index in [1.165, 1.54) is 0 Å². The first-order valence-corrected chi connectivity index (χ1v) is 9.90. The number of aromatic nitrogens is 5. The van der Waals surface area contributed by atoms with Crippen LogP contribution in [0.1, 0.15) is 0 Å². The minimum absolute atomic E-state index is 0.618. The molecule has 6 heteroatoms. The second-order valence-electron chi connectivity index (χ2n) is 6.96. The molecule has 6 aromatic rings. The zero-order chi connectivity index (χ0) is 20.1. The number of fused-ring (bicyclic) bond motifs is 6. The number of rotatable bonds is 2. The SMILES string of the molecule is Clc1ccnc2c3ncccc3c3nc(-c4ccccc4)n(-c4ccncc4)c3c12. The zero-order valence-corrected chi connectivity index (χ0v) is 16.5. The molecule has 0 unspecified atom stereocenters. The summed E-state index contributed by atoms with van der Waals surface area (Å²) in [5.41, 5.74) is 5.28. The van der Waals surface area contributed by atoms with Gasteiger partial charge in [-0.25, -0.2) is 4.98 Å². The van der Waals surface area contributed by atoms with Crippen LogP contribution in [-0.2, 0) is 0 Å². The Kier molecular flexibility index (Phi) is 3.76. The molecule has 0 fully saturated rings. The van der Waals surface area contributed by atoms with Gasteiger partial charge in [-0.2, -0.15) is 0 Å². The topological polar surface area (TPSA) is 56.5 Å². The summed E-state index contributed by atoms with van der Waals surface area (Å²) >= 11 is 6.73. The van der Waals surface area contributed by atoms with E-state index in [2.05, 4.69) is 31.7 Å². The Morgan fingerprint density at radius 3 is 2.33 bits per heavy atom. The highest BCUT2D eigenvalue weighted by Crippen LogP contribution is 2.39. The van der Waals surface area contributed by atoms with Crippen LogP contribution in [0.5, 0.6) is 0 Å². The van der Waals surface area contributed by atoms with Gasteiger partial charge in [-0.15, -0.1) is 0 Å². The number of imidazole rings is 1. The molecule has 0 N–H and O–H groups in total. The quantitative estimate of drug-likeness (QED) is 0.338. The van der Waals surface area contributed by atoms with Crippen molar-refractivity contribution in [3.05, 3.63) is 90.5 Å². The van der Waals surface area contributed by atoms with Crippen molar-refractivity contribution in [2.75, 3.05) is 0 Å². The number of hydrogen-bond donors (Lipinski definition) is 0. The standard InChI is InChI=1S/C24H14ClN5/c25-18-10-14-28-22-19(18)23-21(17-7-4-11-27-20(17)22)29-24(15-5-2-1-3-6-15)30(23)16-8-12-26-13-9-16/h1-14H. The molecule has 2 aromatic carbocycles. The third-order valence-electron chi connectivity index (χ3n) is 5.25. The van der Waals surface area contributed by atoms with E-state index in [9.17, 15) is 0 Å². The largest absolute Gasteiger partial charge is 0.291 e. The molecular formula is C24H14ClN5. The van der Waals surface area contributed by atoms with Crippen LogP contribution in [0.25, 0.3) is 49.9 Å². The monoisotopic (exact) mass is 407 g/mol. The molecule has 30 heavy (non-hydrogen) atoms. The summed E-state index contributed by atoms with van der Waals surface area (Å²) in [6, 6.07) is 19.8. The lowest BCUT2D eigenvalue weighted by Gasteiger charge is -2.12. The average molecular weight is 408 g/mol. The Hall–Kier alpha value is -3.83. The lowest BCUT2D eigenvalue weighted by molar-refractivity contribution is 1.09. The molecule has 4 aromatic heterocycles. The van der Waals surface area contributed by atoms with Crippen LogP contribution in [0.4, 0.5) is 0 Å². The Morgan fingerprint density at radius 1 is 0.700 bits per heavy atom. The van der Waals surface area contributed by atoms with Gasteiger partial charge in [0, 0.05) is 41.1 Å². The van der Waals surface area contributed by atoms with E-state index in [1.54, 1.807) is 24.8 Å². The third kappa shape index (κ3) is 2.42. The van der Waals surface area contributed by atoms with Crippen molar-refractivity contribution in [3.63, 3.8) is 0 Å². The fourth-order valence-corrected chi connectivity index (χ4v) is 4.23. The van der Waals surface area contributed by atoms with E-state index in [1.807, 2.05) is 48.5 Å². The van der Waals surface area contributed by atoms with Gasteiger partial charge in [0.05, 0.1) is 27.3 Å². The maximum absolute atomic E-state index is 6.73. The first-order chi connectivity index (χ1) is 14.8. The molecule has 0 amide bonds. The van der Waals surface area contributed by atoms with Crippen LogP contribution in [0.3, 0.4) is 0 Å². The zero-order valence-electron chi connectivity index (χ0n) is 15.7. The minimum Gasteiger partial charge on any atom is -0.291 e. The van der Waals surface area contributed by atoms with Crippen LogP contribution in [0, 0.1) is 0 Å². The number of halogens is 1. The van der Waals surface area contributed by atoms with Crippen LogP contribution in [0.15, 0.2) is 85.5 Å². The second-order valence-corrected chi connectivity index (χ2v) is 7.36. The highest BCUT2D eigenvalue weighted by molar-refractivity contribution is 6.39. The molecule has 4 heterocycles. The fourth-order valence-electron chi connectivity index (χ4n) is 3.99. The molecule has 0 bridgehead atoms. The van der Waals surface area contributed by atoms with Gasteiger partial charge in [0.15, 0.2) is 0 Å². The number of hydrogen-bond acceptors (Lipinski definition) is 4. The first-order valence-electron chi connectivity index (χ1n) is 9.52. The van der Waals surface area contributed by atoms with Crippen molar-refractivity contribution >= 4 is 44.4 Å². The van der Waals surface area contributed by atoms with Gasteiger partial charge < -0.3 is 0 Å². The Morgan fingerprint density at radius 2 is 1.50 bits per heavy atom. The van der Waals surface area contributed by atoms with Crippen molar-refractivity contribution in [3.8, 4) is 17.1 Å². The summed E-state index contributed by atoms with van der Waals surface area (Å²) < 4.78 is 2.13. The van der Waals surface area contributed by atoms with Gasteiger partial charge in [-0.1, -0.05) is 41.9 Å². The molecule has 0 atom stereocenters. The molecule has 0 radical (unpaired) electrons. The van der Waals surface area contributed by atoms with E-state index in [-0.39, 0.29) is 0 Å². The molecular weight excluding hydrogens is 394 g/mol. The highest BCUT2D eigenvalue weighted by atomic mass is 35.5. The van der Waals surface area contributed by atoms with Crippen LogP contribution in [-0.4, -0.2) is 24.5 Å². The fraction of sp³-hybridized carbons (Fsp3) is 0. The lowest BCUT2D eigenvalue weighted by atomic mass is 10.1. The molecule has 0 saturated carbocycles. The number of pyridine rings is 3. The number of nitrogens with zero attached hydrogens (tertiary/aromatic N) is 5. The van der Waals surface area contributed by atoms with E-state index in [0.717, 1.165) is 49.9 Å². The maximum atomic E-state index is 6.73. The van der Waals surface area contributed by atoms with Crippen molar-refractivity contribution in [1.29, 1.82) is 0 Å². The average Bonchev–Trinajstić information content (AvgIpc) is 3.21. The molecule has 0 spiro atoms. The Labute approximate surface area is 176 Å². The van der Waals surface area contributed by atoms with Crippen LogP contribution < -0.4 is 0 Å². The van der Waals surface area contributed by atoms with Gasteiger partial charge in [0.25, 0.3) is 0 Å². The van der Waals surface area contributed by atoms with E-state index in [0.29, 0.717) is 5.02 Å². The van der Waals surface area contributed by atoms with Gasteiger partial charge in [-0.3, -0.25) is 19.5 Å². The van der Waals surface area contributed by atoms with Gasteiger partial charge in [0.2, 0.25) is 0 Å².